The van der Waals surface area contributed by atoms with Crippen molar-refractivity contribution < 1.29 is 22.3 Å². The van der Waals surface area contributed by atoms with Gasteiger partial charge >= 0.3 is 0 Å². The number of morpholine rings is 1. The van der Waals surface area contributed by atoms with Gasteiger partial charge in [0.05, 0.1) is 35.8 Å². The molecule has 1 saturated heterocycles. The molecule has 0 amide bonds. The smallest absolute Gasteiger partial charge is 0.235 e. The molecule has 36 heavy (non-hydrogen) atoms. The molecule has 0 saturated carbocycles. The van der Waals surface area contributed by atoms with Crippen molar-refractivity contribution in [2.24, 2.45) is 0 Å². The lowest BCUT2D eigenvalue weighted by Gasteiger charge is -2.29. The fourth-order valence-corrected chi connectivity index (χ4v) is 3.98. The van der Waals surface area contributed by atoms with Crippen LogP contribution in [0.15, 0.2) is 49.1 Å². The molecule has 1 fully saturated rings. The van der Waals surface area contributed by atoms with Gasteiger partial charge < -0.3 is 9.64 Å². The minimum Gasteiger partial charge on any atom is -0.378 e. The van der Waals surface area contributed by atoms with E-state index in [0.29, 0.717) is 46.8 Å². The molecule has 10 heteroatoms. The number of nitrogens with zero attached hydrogens (tertiary/aromatic N) is 5. The number of alkyl halides is 2. The van der Waals surface area contributed by atoms with E-state index in [1.165, 1.54) is 12.4 Å². The predicted octanol–water partition coefficient (Wildman–Crippen LogP) is 5.37. The summed E-state index contributed by atoms with van der Waals surface area (Å²) in [5, 5.41) is 0.705. The van der Waals surface area contributed by atoms with Crippen LogP contribution in [0.5, 0.6) is 0 Å². The molecule has 6 nitrogen and oxygen atoms in total. The molecular formula is C26H25F4N5O. The summed E-state index contributed by atoms with van der Waals surface area (Å²) in [6, 6.07) is 8.26. The zero-order chi connectivity index (χ0) is 25.7. The van der Waals surface area contributed by atoms with Gasteiger partial charge in [-0.05, 0) is 43.7 Å². The number of ether oxygens (including phenoxy) is 1. The first-order chi connectivity index (χ1) is 17.3. The fraction of sp³-hybridized carbons (Fsp3) is 0.308. The maximum atomic E-state index is 14.9. The highest BCUT2D eigenvalue weighted by molar-refractivity contribution is 5.94. The second-order valence-electron chi connectivity index (χ2n) is 8.23. The Kier molecular flexibility index (Phi) is 8.04. The van der Waals surface area contributed by atoms with E-state index in [9.17, 15) is 17.6 Å². The van der Waals surface area contributed by atoms with Gasteiger partial charge in [-0.3, -0.25) is 9.97 Å². The van der Waals surface area contributed by atoms with Gasteiger partial charge in [-0.15, -0.1) is 0 Å². The normalized spacial score (nSPS) is 13.6. The summed E-state index contributed by atoms with van der Waals surface area (Å²) in [5.41, 5.74) is 4.08. The summed E-state index contributed by atoms with van der Waals surface area (Å²) in [4.78, 5) is 19.4. The Morgan fingerprint density at radius 2 is 1.67 bits per heavy atom. The molecule has 188 valence electrons. The molecule has 0 spiro atoms. The van der Waals surface area contributed by atoms with Crippen molar-refractivity contribution in [3.05, 3.63) is 77.6 Å². The van der Waals surface area contributed by atoms with Gasteiger partial charge in [0.1, 0.15) is 18.0 Å². The second kappa shape index (κ2) is 11.4. The molecule has 2 aromatic heterocycles. The number of hydrogen-bond donors (Lipinski definition) is 0. The number of benzene rings is 2. The van der Waals surface area contributed by atoms with Crippen LogP contribution in [0.25, 0.3) is 22.2 Å². The highest BCUT2D eigenvalue weighted by Gasteiger charge is 2.18. The summed E-state index contributed by atoms with van der Waals surface area (Å²) in [6.07, 6.45) is 2.61. The number of fused-ring (bicyclic) bond motifs is 1. The number of hydrogen-bond acceptors (Lipinski definition) is 6. The van der Waals surface area contributed by atoms with Crippen LogP contribution >= 0.6 is 0 Å². The lowest BCUT2D eigenvalue weighted by Crippen LogP contribution is -2.36. The molecule has 0 N–H and O–H groups in total. The third-order valence-electron chi connectivity index (χ3n) is 5.73. The molecule has 2 aromatic carbocycles. The van der Waals surface area contributed by atoms with Crippen LogP contribution in [0, 0.1) is 18.6 Å². The molecule has 0 unspecified atom stereocenters. The number of halogens is 4. The van der Waals surface area contributed by atoms with E-state index in [0.717, 1.165) is 31.8 Å². The van der Waals surface area contributed by atoms with E-state index in [-0.39, 0.29) is 12.0 Å². The van der Waals surface area contributed by atoms with Gasteiger partial charge in [0.2, 0.25) is 6.43 Å². The Labute approximate surface area is 206 Å². The Balaban J connectivity index is 0.000000709. The van der Waals surface area contributed by atoms with Crippen molar-refractivity contribution in [3.8, 4) is 11.3 Å². The first-order valence-corrected chi connectivity index (χ1v) is 11.4. The third-order valence-corrected chi connectivity index (χ3v) is 5.73. The molecule has 0 aliphatic carbocycles. The summed E-state index contributed by atoms with van der Waals surface area (Å²) >= 11 is 0. The minimum atomic E-state index is -2.17. The van der Waals surface area contributed by atoms with E-state index in [1.807, 2.05) is 25.1 Å². The zero-order valence-corrected chi connectivity index (χ0v) is 19.9. The van der Waals surface area contributed by atoms with Crippen LogP contribution in [-0.2, 0) is 11.2 Å². The summed E-state index contributed by atoms with van der Waals surface area (Å²) in [7, 11) is 0. The van der Waals surface area contributed by atoms with E-state index < -0.39 is 18.1 Å². The second-order valence-corrected chi connectivity index (χ2v) is 8.23. The quantitative estimate of drug-likeness (QED) is 0.352. The maximum absolute atomic E-state index is 14.9. The van der Waals surface area contributed by atoms with E-state index in [4.69, 9.17) is 4.74 Å². The highest BCUT2D eigenvalue weighted by atomic mass is 19.3. The average molecular weight is 500 g/mol. The maximum Gasteiger partial charge on any atom is 0.235 e. The van der Waals surface area contributed by atoms with Crippen LogP contribution in [0.3, 0.4) is 0 Å². The van der Waals surface area contributed by atoms with Crippen LogP contribution in [0.2, 0.25) is 0 Å². The molecule has 0 radical (unpaired) electrons. The molecule has 0 atom stereocenters. The van der Waals surface area contributed by atoms with Crippen molar-refractivity contribution in [2.45, 2.75) is 26.7 Å². The zero-order valence-electron chi connectivity index (χ0n) is 19.9. The lowest BCUT2D eigenvalue weighted by molar-refractivity contribution is 0.122. The third kappa shape index (κ3) is 5.93. The number of aromatic nitrogens is 4. The Bertz CT molecular complexity index is 1340. The molecule has 5 rings (SSSR count). The van der Waals surface area contributed by atoms with Crippen molar-refractivity contribution in [1.82, 2.24) is 19.9 Å². The number of rotatable bonds is 4. The van der Waals surface area contributed by atoms with Crippen LogP contribution < -0.4 is 4.90 Å². The van der Waals surface area contributed by atoms with Gasteiger partial charge in [0, 0.05) is 54.6 Å². The highest BCUT2D eigenvalue weighted by Crippen LogP contribution is 2.32. The summed E-state index contributed by atoms with van der Waals surface area (Å²) < 4.78 is 55.6. The van der Waals surface area contributed by atoms with E-state index >= 15 is 0 Å². The van der Waals surface area contributed by atoms with Crippen molar-refractivity contribution in [3.63, 3.8) is 0 Å². The molecule has 0 bridgehead atoms. The summed E-state index contributed by atoms with van der Waals surface area (Å²) in [6.45, 7) is 5.63. The molecule has 4 aromatic rings. The van der Waals surface area contributed by atoms with Gasteiger partial charge in [0.25, 0.3) is 0 Å². The Morgan fingerprint density at radius 3 is 2.39 bits per heavy atom. The number of aryl methyl sites for hydroxylation is 1. The van der Waals surface area contributed by atoms with Crippen molar-refractivity contribution in [2.75, 3.05) is 31.2 Å². The van der Waals surface area contributed by atoms with Gasteiger partial charge in [-0.2, -0.15) is 0 Å². The Hall–Kier alpha value is -3.66. The molecule has 1 aliphatic rings. The SMILES string of the molecule is CC(F)F.Cc1nccnc1Cc1cc(-c2ncnc3cc(N4CCOCC4)ccc23)c(F)cc1F. The first kappa shape index (κ1) is 25.4. The van der Waals surface area contributed by atoms with Gasteiger partial charge in [-0.1, -0.05) is 0 Å². The predicted molar refractivity (Wildman–Crippen MR) is 129 cm³/mol. The minimum absolute atomic E-state index is 0.211. The number of anilines is 1. The molecular weight excluding hydrogens is 474 g/mol. The van der Waals surface area contributed by atoms with E-state index in [2.05, 4.69) is 24.8 Å². The summed E-state index contributed by atoms with van der Waals surface area (Å²) in [5.74, 6) is -1.29. The van der Waals surface area contributed by atoms with E-state index in [1.54, 1.807) is 12.4 Å². The lowest BCUT2D eigenvalue weighted by atomic mass is 9.99. The van der Waals surface area contributed by atoms with Crippen molar-refractivity contribution in [1.29, 1.82) is 0 Å². The molecule has 1 aliphatic heterocycles. The standard InChI is InChI=1S/C24H21F2N5O.C2H4F2/c1-15-22(28-5-4-27-15)11-16-10-19(21(26)13-20(16)25)24-18-3-2-17(12-23(18)29-14-30-24)31-6-8-32-9-7-31;1-2(3)4/h2-5,10,12-14H,6-9,11H2,1H3;2H,1H3. The van der Waals surface area contributed by atoms with Crippen LogP contribution in [0.1, 0.15) is 23.9 Å². The monoisotopic (exact) mass is 499 g/mol. The average Bonchev–Trinajstić information content (AvgIpc) is 2.86. The van der Waals surface area contributed by atoms with Gasteiger partial charge in [-0.25, -0.2) is 27.5 Å². The topological polar surface area (TPSA) is 64.0 Å². The van der Waals surface area contributed by atoms with Crippen molar-refractivity contribution >= 4 is 16.6 Å². The fourth-order valence-electron chi connectivity index (χ4n) is 3.98. The van der Waals surface area contributed by atoms with Crippen LogP contribution in [0.4, 0.5) is 23.2 Å². The Morgan fingerprint density at radius 1 is 0.944 bits per heavy atom. The van der Waals surface area contributed by atoms with Crippen LogP contribution in [-0.4, -0.2) is 52.7 Å². The molecule has 3 heterocycles. The first-order valence-electron chi connectivity index (χ1n) is 11.4. The van der Waals surface area contributed by atoms with Gasteiger partial charge in [0.15, 0.2) is 0 Å². The largest absolute Gasteiger partial charge is 0.378 e.